The number of hydrogen-bond donors (Lipinski definition) is 4. The molecule has 96 valence electrons. The number of primary amides is 2. The van der Waals surface area contributed by atoms with Crippen LogP contribution in [0.25, 0.3) is 0 Å². The highest BCUT2D eigenvalue weighted by molar-refractivity contribution is 5.90. The molecule has 8 nitrogen and oxygen atoms in total. The minimum Gasteiger partial charge on any atom is -0.392 e. The van der Waals surface area contributed by atoms with Crippen LogP contribution in [0.5, 0.6) is 0 Å². The summed E-state index contributed by atoms with van der Waals surface area (Å²) in [5.41, 5.74) is 9.96. The lowest BCUT2D eigenvalue weighted by molar-refractivity contribution is -0.139. The lowest BCUT2D eigenvalue weighted by Crippen LogP contribution is -2.49. The van der Waals surface area contributed by atoms with Crippen LogP contribution in [0.1, 0.15) is 6.42 Å². The number of carbonyl (C=O) groups excluding carboxylic acids is 3. The summed E-state index contributed by atoms with van der Waals surface area (Å²) in [5, 5.41) is 12.1. The van der Waals surface area contributed by atoms with Crippen molar-refractivity contribution in [1.82, 2.24) is 10.2 Å². The summed E-state index contributed by atoms with van der Waals surface area (Å²) in [6, 6.07) is -0.608. The van der Waals surface area contributed by atoms with Gasteiger partial charge in [0.25, 0.3) is 0 Å². The molecular formula is C9H16N4O4. The number of amides is 3. The monoisotopic (exact) mass is 244 g/mol. The molecule has 0 bridgehead atoms. The van der Waals surface area contributed by atoms with Crippen molar-refractivity contribution >= 4 is 17.7 Å². The molecule has 0 saturated carbocycles. The Labute approximate surface area is 97.9 Å². The fourth-order valence-corrected chi connectivity index (χ4v) is 1.71. The molecule has 0 spiro atoms. The Morgan fingerprint density at radius 1 is 1.24 bits per heavy atom. The van der Waals surface area contributed by atoms with E-state index in [2.05, 4.69) is 5.32 Å². The molecule has 0 aliphatic carbocycles. The predicted octanol–water partition coefficient (Wildman–Crippen LogP) is -3.49. The van der Waals surface area contributed by atoms with E-state index >= 15 is 0 Å². The Morgan fingerprint density at radius 2 is 1.76 bits per heavy atom. The Balaban J connectivity index is 2.64. The topological polar surface area (TPSA) is 139 Å². The molecular weight excluding hydrogens is 228 g/mol. The highest BCUT2D eigenvalue weighted by Crippen LogP contribution is 2.09. The number of aliphatic hydroxyl groups excluding tert-OH is 1. The van der Waals surface area contributed by atoms with Gasteiger partial charge in [-0.25, -0.2) is 0 Å². The van der Waals surface area contributed by atoms with Crippen LogP contribution < -0.4 is 16.8 Å². The van der Waals surface area contributed by atoms with E-state index in [0.717, 1.165) is 4.90 Å². The van der Waals surface area contributed by atoms with Gasteiger partial charge in [-0.15, -0.1) is 0 Å². The zero-order valence-corrected chi connectivity index (χ0v) is 9.26. The van der Waals surface area contributed by atoms with E-state index in [0.29, 0.717) is 6.54 Å². The zero-order valence-electron chi connectivity index (χ0n) is 9.26. The van der Waals surface area contributed by atoms with Crippen LogP contribution in [0.2, 0.25) is 0 Å². The third-order valence-electron chi connectivity index (χ3n) is 2.41. The lowest BCUT2D eigenvalue weighted by Gasteiger charge is -2.22. The zero-order chi connectivity index (χ0) is 13.0. The number of nitrogens with two attached hydrogens (primary N) is 2. The van der Waals surface area contributed by atoms with Gasteiger partial charge in [-0.05, 0) is 6.42 Å². The van der Waals surface area contributed by atoms with E-state index in [1.54, 1.807) is 0 Å². The molecule has 6 N–H and O–H groups in total. The standard InChI is InChI=1S/C9H16N4O4/c10-7(15)3-13(4-8(11)16)9(17)6-1-5(14)2-12-6/h5-6,12,14H,1-4H2,(H2,10,15)(H2,11,16). The van der Waals surface area contributed by atoms with Gasteiger partial charge in [-0.2, -0.15) is 0 Å². The van der Waals surface area contributed by atoms with Gasteiger partial charge in [0.1, 0.15) is 0 Å². The fourth-order valence-electron chi connectivity index (χ4n) is 1.71. The van der Waals surface area contributed by atoms with Crippen molar-refractivity contribution in [3.05, 3.63) is 0 Å². The minimum absolute atomic E-state index is 0.243. The number of rotatable bonds is 5. The van der Waals surface area contributed by atoms with Gasteiger partial charge < -0.3 is 26.8 Å². The molecule has 0 aromatic heterocycles. The van der Waals surface area contributed by atoms with E-state index in [9.17, 15) is 19.5 Å². The quantitative estimate of drug-likeness (QED) is 0.397. The lowest BCUT2D eigenvalue weighted by atomic mass is 10.2. The second kappa shape index (κ2) is 5.60. The van der Waals surface area contributed by atoms with Gasteiger partial charge in [0.05, 0.1) is 25.2 Å². The van der Waals surface area contributed by atoms with Crippen molar-refractivity contribution in [3.63, 3.8) is 0 Å². The second-order valence-corrected chi connectivity index (χ2v) is 3.98. The highest BCUT2D eigenvalue weighted by Gasteiger charge is 2.32. The maximum absolute atomic E-state index is 11.9. The SMILES string of the molecule is NC(=O)CN(CC(N)=O)C(=O)C1CC(O)CN1. The molecule has 1 saturated heterocycles. The predicted molar refractivity (Wildman–Crippen MR) is 57.4 cm³/mol. The third kappa shape index (κ3) is 4.00. The average molecular weight is 244 g/mol. The van der Waals surface area contributed by atoms with Crippen LogP contribution in [0, 0.1) is 0 Å². The van der Waals surface area contributed by atoms with Crippen molar-refractivity contribution in [2.24, 2.45) is 11.5 Å². The summed E-state index contributed by atoms with van der Waals surface area (Å²) in [4.78, 5) is 34.4. The first-order valence-electron chi connectivity index (χ1n) is 5.17. The number of nitrogens with zero attached hydrogens (tertiary/aromatic N) is 1. The number of hydrogen-bond acceptors (Lipinski definition) is 5. The van der Waals surface area contributed by atoms with Gasteiger partial charge in [0.2, 0.25) is 17.7 Å². The first-order valence-corrected chi connectivity index (χ1v) is 5.17. The molecule has 0 radical (unpaired) electrons. The Morgan fingerprint density at radius 3 is 2.12 bits per heavy atom. The van der Waals surface area contributed by atoms with Gasteiger partial charge in [-0.3, -0.25) is 14.4 Å². The molecule has 8 heteroatoms. The van der Waals surface area contributed by atoms with Crippen molar-refractivity contribution in [1.29, 1.82) is 0 Å². The largest absolute Gasteiger partial charge is 0.392 e. The van der Waals surface area contributed by atoms with Crippen molar-refractivity contribution < 1.29 is 19.5 Å². The van der Waals surface area contributed by atoms with Crippen LogP contribution >= 0.6 is 0 Å². The molecule has 1 fully saturated rings. The molecule has 2 atom stereocenters. The van der Waals surface area contributed by atoms with Crippen molar-refractivity contribution in [2.45, 2.75) is 18.6 Å². The van der Waals surface area contributed by atoms with Gasteiger partial charge in [-0.1, -0.05) is 0 Å². The third-order valence-corrected chi connectivity index (χ3v) is 2.41. The van der Waals surface area contributed by atoms with E-state index < -0.39 is 29.9 Å². The van der Waals surface area contributed by atoms with E-state index in [-0.39, 0.29) is 19.5 Å². The van der Waals surface area contributed by atoms with Crippen molar-refractivity contribution in [2.75, 3.05) is 19.6 Å². The van der Waals surface area contributed by atoms with E-state index in [4.69, 9.17) is 11.5 Å². The number of carbonyl (C=O) groups is 3. The molecule has 17 heavy (non-hydrogen) atoms. The normalized spacial score (nSPS) is 23.4. The van der Waals surface area contributed by atoms with E-state index in [1.165, 1.54) is 0 Å². The minimum atomic E-state index is -0.724. The second-order valence-electron chi connectivity index (χ2n) is 3.98. The molecule has 2 unspecified atom stereocenters. The Bertz CT molecular complexity index is 317. The van der Waals surface area contributed by atoms with Crippen LogP contribution in [0.15, 0.2) is 0 Å². The van der Waals surface area contributed by atoms with Gasteiger partial charge >= 0.3 is 0 Å². The summed E-state index contributed by atoms with van der Waals surface area (Å²) >= 11 is 0. The highest BCUT2D eigenvalue weighted by atomic mass is 16.3. The first kappa shape index (κ1) is 13.4. The Kier molecular flexibility index (Phi) is 4.41. The molecule has 1 rings (SSSR count). The average Bonchev–Trinajstić information content (AvgIpc) is 2.61. The summed E-state index contributed by atoms with van der Waals surface area (Å²) < 4.78 is 0. The summed E-state index contributed by atoms with van der Waals surface area (Å²) in [6.45, 7) is -0.427. The summed E-state index contributed by atoms with van der Waals surface area (Å²) in [6.07, 6.45) is -0.361. The maximum atomic E-state index is 11.9. The summed E-state index contributed by atoms with van der Waals surface area (Å²) in [5.74, 6) is -1.91. The van der Waals surface area contributed by atoms with Crippen LogP contribution in [0.3, 0.4) is 0 Å². The first-order chi connectivity index (χ1) is 7.90. The summed E-state index contributed by atoms with van der Waals surface area (Å²) in [7, 11) is 0. The van der Waals surface area contributed by atoms with E-state index in [1.807, 2.05) is 0 Å². The number of aliphatic hydroxyl groups is 1. The van der Waals surface area contributed by atoms with Crippen LogP contribution in [0.4, 0.5) is 0 Å². The number of nitrogens with one attached hydrogen (secondary N) is 1. The van der Waals surface area contributed by atoms with Gasteiger partial charge in [0, 0.05) is 6.54 Å². The maximum Gasteiger partial charge on any atom is 0.240 e. The van der Waals surface area contributed by atoms with Crippen LogP contribution in [-0.2, 0) is 14.4 Å². The number of β-amino-alcohol motifs (C(OH)–C–C–N with tert-alkyl or cyclic N) is 1. The fraction of sp³-hybridized carbons (Fsp3) is 0.667. The molecule has 1 heterocycles. The van der Waals surface area contributed by atoms with Crippen LogP contribution in [-0.4, -0.2) is 59.5 Å². The smallest absolute Gasteiger partial charge is 0.240 e. The molecule has 1 aliphatic rings. The molecule has 0 aromatic carbocycles. The molecule has 0 aromatic rings. The molecule has 3 amide bonds. The van der Waals surface area contributed by atoms with Gasteiger partial charge in [0.15, 0.2) is 0 Å². The Hall–Kier alpha value is -1.67. The van der Waals surface area contributed by atoms with Crippen molar-refractivity contribution in [3.8, 4) is 0 Å². The molecule has 1 aliphatic heterocycles.